The highest BCUT2D eigenvalue weighted by Crippen LogP contribution is 2.11. The number of unbranched alkanes of at least 4 members (excludes halogenated alkanes) is 4. The molecule has 0 amide bonds. The Labute approximate surface area is 383 Å². The number of likely N-dealkylation sites (N-methyl/N-ethyl adjacent to an activating group) is 1. The number of hydrogen-bond donors (Lipinski definition) is 1. The lowest BCUT2D eigenvalue weighted by molar-refractivity contribution is -0.887. The Balaban J connectivity index is 4.48. The highest BCUT2D eigenvalue weighted by Gasteiger charge is 2.31. The number of allylic oxidation sites excluding steroid dienone is 22. The summed E-state index contributed by atoms with van der Waals surface area (Å²) < 4.78 is 17.2. The summed E-state index contributed by atoms with van der Waals surface area (Å²) in [4.78, 5) is 37.1. The molecule has 352 valence electrons. The first-order chi connectivity index (χ1) is 30.6. The molecule has 0 aromatic carbocycles. The lowest BCUT2D eigenvalue weighted by Crippen LogP contribution is -2.50. The predicted molar refractivity (Wildman–Crippen MR) is 265 cm³/mol. The molecule has 2 atom stereocenters. The number of carbonyl (C=O) groups excluding carboxylic acids is 2. The predicted octanol–water partition coefficient (Wildman–Crippen LogP) is 13.6. The number of quaternary nitrogens is 1. The number of carboxylic acids is 1. The monoisotopic (exact) mass is 873 g/mol. The maximum atomic E-state index is 12.7. The average molecular weight is 873 g/mol. The summed E-state index contributed by atoms with van der Waals surface area (Å²) in [5.74, 6) is -1.61. The maximum absolute atomic E-state index is 12.7. The van der Waals surface area contributed by atoms with Crippen molar-refractivity contribution in [2.45, 2.75) is 154 Å². The van der Waals surface area contributed by atoms with Crippen LogP contribution in [0.25, 0.3) is 0 Å². The molecule has 8 heteroatoms. The molecule has 0 aromatic rings. The van der Waals surface area contributed by atoms with Gasteiger partial charge in [-0.15, -0.1) is 0 Å². The molecule has 0 fully saturated rings. The van der Waals surface area contributed by atoms with Gasteiger partial charge in [0.05, 0.1) is 34.4 Å². The van der Waals surface area contributed by atoms with Gasteiger partial charge < -0.3 is 23.8 Å². The largest absolute Gasteiger partial charge is 0.477 e. The van der Waals surface area contributed by atoms with Crippen molar-refractivity contribution < 1.29 is 38.2 Å². The molecular weight excluding hydrogens is 787 g/mol. The van der Waals surface area contributed by atoms with Gasteiger partial charge in [0.15, 0.2) is 12.1 Å². The third-order valence-electron chi connectivity index (χ3n) is 9.55. The molecule has 0 saturated heterocycles. The third kappa shape index (κ3) is 42.5. The second-order valence-electron chi connectivity index (χ2n) is 16.2. The minimum atomic E-state index is -0.895. The molecule has 0 aromatic heterocycles. The fraction of sp³-hybridized carbons (Fsp3) is 0.545. The standard InChI is InChI=1S/C55H85NO7/c1-6-8-10-12-14-16-18-20-22-24-25-26-27-28-29-30-32-33-35-37-39-41-43-45-53(57)62-50-51(49-61-48-47-52(55(59)60)56(3,4)5)63-54(58)46-44-42-40-38-36-34-31-23-21-19-17-15-13-11-9-7-2/h8-11,14-17,20-23,25-26,28-29,32-34,36-37,39,51-52H,6-7,12-13,18-19,24,27,30-31,35,38,40-50H2,1-5H3/p+1/b10-8+,11-9+,16-14+,17-15+,22-20+,23-21+,26-25+,29-28+,33-32+,36-34+,39-37+. The van der Waals surface area contributed by atoms with Gasteiger partial charge in [-0.05, 0) is 103 Å². The minimum absolute atomic E-state index is 0.0195. The summed E-state index contributed by atoms with van der Waals surface area (Å²) >= 11 is 0. The van der Waals surface area contributed by atoms with Crippen LogP contribution in [-0.4, -0.2) is 80.6 Å². The van der Waals surface area contributed by atoms with E-state index in [4.69, 9.17) is 14.2 Å². The molecule has 0 bridgehead atoms. The van der Waals surface area contributed by atoms with E-state index in [1.807, 2.05) is 21.1 Å². The summed E-state index contributed by atoms with van der Waals surface area (Å²) in [6.07, 6.45) is 63.7. The molecule has 63 heavy (non-hydrogen) atoms. The van der Waals surface area contributed by atoms with Gasteiger partial charge in [-0.2, -0.15) is 0 Å². The fourth-order valence-electron chi connectivity index (χ4n) is 5.95. The van der Waals surface area contributed by atoms with Crippen LogP contribution >= 0.6 is 0 Å². The van der Waals surface area contributed by atoms with E-state index >= 15 is 0 Å². The van der Waals surface area contributed by atoms with Crippen molar-refractivity contribution >= 4 is 17.9 Å². The van der Waals surface area contributed by atoms with Gasteiger partial charge in [0.25, 0.3) is 0 Å². The van der Waals surface area contributed by atoms with Crippen LogP contribution in [0, 0.1) is 0 Å². The minimum Gasteiger partial charge on any atom is -0.477 e. The van der Waals surface area contributed by atoms with Crippen LogP contribution in [0.2, 0.25) is 0 Å². The zero-order valence-electron chi connectivity index (χ0n) is 40.0. The normalized spacial score (nSPS) is 14.1. The van der Waals surface area contributed by atoms with Crippen LogP contribution in [0.5, 0.6) is 0 Å². The van der Waals surface area contributed by atoms with Gasteiger partial charge in [0, 0.05) is 19.3 Å². The quantitative estimate of drug-likeness (QED) is 0.0283. The number of rotatable bonds is 40. The number of aliphatic carboxylic acids is 1. The Kier molecular flexibility index (Phi) is 40.9. The highest BCUT2D eigenvalue weighted by atomic mass is 16.6. The zero-order chi connectivity index (χ0) is 46.3. The number of nitrogens with zero attached hydrogens (tertiary/aromatic N) is 1. The van der Waals surface area contributed by atoms with Crippen molar-refractivity contribution in [1.29, 1.82) is 0 Å². The van der Waals surface area contributed by atoms with Gasteiger partial charge in [-0.3, -0.25) is 9.59 Å². The van der Waals surface area contributed by atoms with Crippen molar-refractivity contribution in [2.24, 2.45) is 0 Å². The maximum Gasteiger partial charge on any atom is 0.362 e. The Morgan fingerprint density at radius 2 is 0.857 bits per heavy atom. The zero-order valence-corrected chi connectivity index (χ0v) is 40.0. The van der Waals surface area contributed by atoms with E-state index in [0.717, 1.165) is 96.3 Å². The Morgan fingerprint density at radius 1 is 0.476 bits per heavy atom. The highest BCUT2D eigenvalue weighted by molar-refractivity contribution is 5.72. The number of ether oxygens (including phenoxy) is 3. The Bertz CT molecular complexity index is 1480. The van der Waals surface area contributed by atoms with Crippen molar-refractivity contribution in [3.63, 3.8) is 0 Å². The summed E-state index contributed by atoms with van der Waals surface area (Å²) in [7, 11) is 5.48. The van der Waals surface area contributed by atoms with Crippen LogP contribution in [0.4, 0.5) is 0 Å². The lowest BCUT2D eigenvalue weighted by Gasteiger charge is -2.31. The van der Waals surface area contributed by atoms with Gasteiger partial charge in [0.2, 0.25) is 0 Å². The van der Waals surface area contributed by atoms with Gasteiger partial charge in [-0.1, -0.05) is 154 Å². The summed E-state index contributed by atoms with van der Waals surface area (Å²) in [5.41, 5.74) is 0. The van der Waals surface area contributed by atoms with E-state index < -0.39 is 18.1 Å². The fourth-order valence-corrected chi connectivity index (χ4v) is 5.95. The molecule has 0 saturated carbocycles. The van der Waals surface area contributed by atoms with Gasteiger partial charge >= 0.3 is 17.9 Å². The first-order valence-electron chi connectivity index (χ1n) is 23.7. The number of hydrogen-bond acceptors (Lipinski definition) is 6. The summed E-state index contributed by atoms with van der Waals surface area (Å²) in [6.45, 7) is 4.38. The van der Waals surface area contributed by atoms with E-state index in [1.54, 1.807) is 0 Å². The van der Waals surface area contributed by atoms with E-state index in [2.05, 4.69) is 148 Å². The van der Waals surface area contributed by atoms with Gasteiger partial charge in [-0.25, -0.2) is 4.79 Å². The molecule has 1 N–H and O–H groups in total. The molecule has 0 aliphatic rings. The summed E-state index contributed by atoms with van der Waals surface area (Å²) in [6, 6.07) is -0.639. The van der Waals surface area contributed by atoms with E-state index in [9.17, 15) is 19.5 Å². The lowest BCUT2D eigenvalue weighted by atomic mass is 10.1. The molecule has 0 aliphatic carbocycles. The van der Waals surface area contributed by atoms with Crippen LogP contribution in [0.1, 0.15) is 142 Å². The van der Waals surface area contributed by atoms with Crippen LogP contribution in [0.3, 0.4) is 0 Å². The molecule has 0 spiro atoms. The van der Waals surface area contributed by atoms with Crippen LogP contribution in [0.15, 0.2) is 134 Å². The van der Waals surface area contributed by atoms with Crippen molar-refractivity contribution in [1.82, 2.24) is 0 Å². The van der Waals surface area contributed by atoms with E-state index in [1.165, 1.54) is 0 Å². The van der Waals surface area contributed by atoms with Crippen LogP contribution in [-0.2, 0) is 28.6 Å². The first kappa shape index (κ1) is 58.5. The second kappa shape index (κ2) is 44.1. The SMILES string of the molecule is CC/C=C/C/C=C/C/C=C/C/C=C/C/C=C/C/C=C/C/C=C/CCCC(=O)OCC(COCCC(C(=O)O)[N+](C)(C)C)OC(=O)CCCCC/C=C/C/C=C/C/C=C/C/C=C/CC. The molecular formula is C55H86NO7+. The van der Waals surface area contributed by atoms with Crippen LogP contribution < -0.4 is 0 Å². The molecule has 8 nitrogen and oxygen atoms in total. The molecule has 0 heterocycles. The van der Waals surface area contributed by atoms with Gasteiger partial charge in [0.1, 0.15) is 6.61 Å². The number of carboxylic acid groups (broad SMARTS) is 1. The van der Waals surface area contributed by atoms with Crippen molar-refractivity contribution in [3.05, 3.63) is 134 Å². The number of carbonyl (C=O) groups is 3. The van der Waals surface area contributed by atoms with E-state index in [0.29, 0.717) is 19.3 Å². The first-order valence-corrected chi connectivity index (χ1v) is 23.7. The summed E-state index contributed by atoms with van der Waals surface area (Å²) in [5, 5.41) is 9.64. The van der Waals surface area contributed by atoms with Crippen molar-refractivity contribution in [2.75, 3.05) is 41.0 Å². The topological polar surface area (TPSA) is 99.1 Å². The smallest absolute Gasteiger partial charge is 0.362 e. The Hall–Kier alpha value is -4.53. The van der Waals surface area contributed by atoms with E-state index in [-0.39, 0.29) is 49.1 Å². The molecule has 0 radical (unpaired) electrons. The number of esters is 2. The third-order valence-corrected chi connectivity index (χ3v) is 9.55. The van der Waals surface area contributed by atoms with Crippen molar-refractivity contribution in [3.8, 4) is 0 Å². The second-order valence-corrected chi connectivity index (χ2v) is 16.2. The average Bonchev–Trinajstić information content (AvgIpc) is 3.24. The molecule has 0 aliphatic heterocycles. The Morgan fingerprint density at radius 3 is 1.25 bits per heavy atom. The molecule has 2 unspecified atom stereocenters. The molecule has 0 rings (SSSR count).